The van der Waals surface area contributed by atoms with Crippen LogP contribution in [-0.4, -0.2) is 20.4 Å². The van der Waals surface area contributed by atoms with Crippen LogP contribution in [0.3, 0.4) is 0 Å². The van der Waals surface area contributed by atoms with E-state index >= 15 is 0 Å². The molecule has 0 aliphatic carbocycles. The zero-order chi connectivity index (χ0) is 14.0. The molecular formula is C13H15N3O2S. The largest absolute Gasteiger partial charge is 0.384 e. The predicted octanol–water partition coefficient (Wildman–Crippen LogP) is 1.80. The number of benzene rings is 1. The summed E-state index contributed by atoms with van der Waals surface area (Å²) in [5.74, 6) is 0.179. The number of anilines is 2. The van der Waals surface area contributed by atoms with Crippen molar-refractivity contribution >= 4 is 21.5 Å². The van der Waals surface area contributed by atoms with Gasteiger partial charge >= 0.3 is 0 Å². The van der Waals surface area contributed by atoms with Crippen LogP contribution in [0, 0.1) is 6.92 Å². The molecule has 0 spiro atoms. The Balaban J connectivity index is 2.42. The smallest absolute Gasteiger partial charge is 0.264 e. The molecule has 5 nitrogen and oxygen atoms in total. The van der Waals surface area contributed by atoms with Crippen LogP contribution < -0.4 is 10.0 Å². The molecule has 2 N–H and O–H groups in total. The average molecular weight is 277 g/mol. The first-order valence-electron chi connectivity index (χ1n) is 5.68. The van der Waals surface area contributed by atoms with Crippen molar-refractivity contribution in [2.75, 3.05) is 17.1 Å². The number of pyridine rings is 1. The topological polar surface area (TPSA) is 76.3 Å². The highest BCUT2D eigenvalue weighted by Gasteiger charge is 2.21. The van der Waals surface area contributed by atoms with Gasteiger partial charge in [-0.1, -0.05) is 17.7 Å². The van der Waals surface area contributed by atoms with E-state index < -0.39 is 10.0 Å². The minimum Gasteiger partial charge on any atom is -0.384 e. The predicted molar refractivity (Wildman–Crippen MR) is 75.4 cm³/mol. The Morgan fingerprint density at radius 3 is 2.37 bits per heavy atom. The minimum absolute atomic E-state index is 0.128. The second-order valence-electron chi connectivity index (χ2n) is 4.22. The second kappa shape index (κ2) is 4.89. The van der Waals surface area contributed by atoms with E-state index in [0.29, 0.717) is 5.69 Å². The van der Waals surface area contributed by atoms with Crippen molar-refractivity contribution in [1.82, 2.24) is 4.98 Å². The molecule has 0 aliphatic heterocycles. The van der Waals surface area contributed by atoms with Gasteiger partial charge in [-0.25, -0.2) is 13.4 Å². The van der Waals surface area contributed by atoms with Crippen molar-refractivity contribution in [2.24, 2.45) is 0 Å². The summed E-state index contributed by atoms with van der Waals surface area (Å²) in [5, 5.41) is 0. The van der Waals surface area contributed by atoms with Gasteiger partial charge in [0.25, 0.3) is 10.0 Å². The zero-order valence-electron chi connectivity index (χ0n) is 10.7. The second-order valence-corrected chi connectivity index (χ2v) is 6.19. The van der Waals surface area contributed by atoms with Gasteiger partial charge in [0.15, 0.2) is 0 Å². The van der Waals surface area contributed by atoms with E-state index in [1.165, 1.54) is 29.7 Å². The Kier molecular flexibility index (Phi) is 3.44. The molecule has 1 aromatic carbocycles. The number of nitrogens with two attached hydrogens (primary N) is 1. The quantitative estimate of drug-likeness (QED) is 0.928. The maximum atomic E-state index is 12.4. The molecule has 0 unspecified atom stereocenters. The van der Waals surface area contributed by atoms with E-state index in [4.69, 9.17) is 5.73 Å². The van der Waals surface area contributed by atoms with E-state index in [9.17, 15) is 8.42 Å². The van der Waals surface area contributed by atoms with Gasteiger partial charge < -0.3 is 5.73 Å². The van der Waals surface area contributed by atoms with Gasteiger partial charge in [0, 0.05) is 19.3 Å². The van der Waals surface area contributed by atoms with Gasteiger partial charge in [-0.05, 0) is 25.1 Å². The van der Waals surface area contributed by atoms with Gasteiger partial charge in [-0.3, -0.25) is 4.31 Å². The van der Waals surface area contributed by atoms with Crippen molar-refractivity contribution in [1.29, 1.82) is 0 Å². The third-order valence-corrected chi connectivity index (χ3v) is 4.59. The maximum absolute atomic E-state index is 12.4. The van der Waals surface area contributed by atoms with Crippen LogP contribution >= 0.6 is 0 Å². The molecular weight excluding hydrogens is 262 g/mol. The van der Waals surface area contributed by atoms with Gasteiger partial charge in [0.1, 0.15) is 5.82 Å². The monoisotopic (exact) mass is 277 g/mol. The normalized spacial score (nSPS) is 11.3. The highest BCUT2D eigenvalue weighted by Crippen LogP contribution is 2.22. The van der Waals surface area contributed by atoms with Crippen LogP contribution in [0.15, 0.2) is 47.5 Å². The Bertz CT molecular complexity index is 681. The van der Waals surface area contributed by atoms with Gasteiger partial charge in [-0.15, -0.1) is 0 Å². The number of hydrogen-bond acceptors (Lipinski definition) is 4. The first kappa shape index (κ1) is 13.4. The summed E-state index contributed by atoms with van der Waals surface area (Å²) in [6.45, 7) is 1.95. The van der Waals surface area contributed by atoms with E-state index in [-0.39, 0.29) is 10.7 Å². The van der Waals surface area contributed by atoms with Crippen molar-refractivity contribution in [2.45, 2.75) is 11.8 Å². The van der Waals surface area contributed by atoms with Gasteiger partial charge in [0.2, 0.25) is 0 Å². The molecule has 6 heteroatoms. The number of hydrogen-bond donors (Lipinski definition) is 1. The Morgan fingerprint density at radius 1 is 1.16 bits per heavy atom. The maximum Gasteiger partial charge on any atom is 0.264 e. The van der Waals surface area contributed by atoms with Gasteiger partial charge in [0.05, 0.1) is 10.6 Å². The van der Waals surface area contributed by atoms with E-state index in [1.54, 1.807) is 12.1 Å². The summed E-state index contributed by atoms with van der Waals surface area (Å²) < 4.78 is 26.0. The number of sulfonamides is 1. The van der Waals surface area contributed by atoms with Crippen LogP contribution in [0.2, 0.25) is 0 Å². The van der Waals surface area contributed by atoms with Gasteiger partial charge in [-0.2, -0.15) is 0 Å². The molecule has 0 bridgehead atoms. The molecule has 0 amide bonds. The number of nitrogen functional groups attached to an aromatic ring is 1. The molecule has 0 aliphatic rings. The van der Waals surface area contributed by atoms with E-state index in [2.05, 4.69) is 4.98 Å². The van der Waals surface area contributed by atoms with Crippen LogP contribution in [0.4, 0.5) is 11.5 Å². The fourth-order valence-electron chi connectivity index (χ4n) is 1.64. The molecule has 19 heavy (non-hydrogen) atoms. The average Bonchev–Trinajstić information content (AvgIpc) is 2.39. The molecule has 0 saturated heterocycles. The number of nitrogens with zero attached hydrogens (tertiary/aromatic N) is 2. The molecule has 2 aromatic rings. The lowest BCUT2D eigenvalue weighted by atomic mass is 10.2. The lowest BCUT2D eigenvalue weighted by molar-refractivity contribution is 0.594. The third-order valence-electron chi connectivity index (χ3n) is 2.81. The molecule has 0 fully saturated rings. The van der Waals surface area contributed by atoms with E-state index in [0.717, 1.165) is 5.56 Å². The lowest BCUT2D eigenvalue weighted by Crippen LogP contribution is -2.26. The molecule has 0 atom stereocenters. The number of aryl methyl sites for hydroxylation is 1. The van der Waals surface area contributed by atoms with E-state index in [1.807, 2.05) is 19.1 Å². The summed E-state index contributed by atoms with van der Waals surface area (Å²) in [6, 6.07) is 10.0. The van der Waals surface area contributed by atoms with Crippen molar-refractivity contribution < 1.29 is 8.42 Å². The standard InChI is InChI=1S/C13H15N3O2S/c1-10-3-5-11(6-4-10)16(2)19(17,18)12-7-8-15-13(14)9-12/h3-9H,1-2H3,(H2,14,15). The van der Waals surface area contributed by atoms with Crippen LogP contribution in [-0.2, 0) is 10.0 Å². The van der Waals surface area contributed by atoms with Crippen molar-refractivity contribution in [3.8, 4) is 0 Å². The first-order valence-corrected chi connectivity index (χ1v) is 7.12. The molecule has 100 valence electrons. The van der Waals surface area contributed by atoms with Crippen molar-refractivity contribution in [3.05, 3.63) is 48.2 Å². The first-order chi connectivity index (χ1) is 8.91. The summed E-state index contributed by atoms with van der Waals surface area (Å²) in [4.78, 5) is 3.92. The SMILES string of the molecule is Cc1ccc(N(C)S(=O)(=O)c2ccnc(N)c2)cc1. The summed E-state index contributed by atoms with van der Waals surface area (Å²) >= 11 is 0. The van der Waals surface area contributed by atoms with Crippen LogP contribution in [0.5, 0.6) is 0 Å². The summed E-state index contributed by atoms with van der Waals surface area (Å²) in [7, 11) is -2.10. The zero-order valence-corrected chi connectivity index (χ0v) is 11.6. The van der Waals surface area contributed by atoms with Crippen LogP contribution in [0.25, 0.3) is 0 Å². The fraction of sp³-hybridized carbons (Fsp3) is 0.154. The molecule has 1 aromatic heterocycles. The molecule has 0 radical (unpaired) electrons. The molecule has 2 rings (SSSR count). The Morgan fingerprint density at radius 2 is 1.79 bits per heavy atom. The lowest BCUT2D eigenvalue weighted by Gasteiger charge is -2.19. The van der Waals surface area contributed by atoms with Crippen molar-refractivity contribution in [3.63, 3.8) is 0 Å². The number of rotatable bonds is 3. The fourth-order valence-corrected chi connectivity index (χ4v) is 2.86. The number of aromatic nitrogens is 1. The molecule has 0 saturated carbocycles. The third kappa shape index (κ3) is 2.68. The summed E-state index contributed by atoms with van der Waals surface area (Å²) in [6.07, 6.45) is 1.38. The van der Waals surface area contributed by atoms with Crippen LogP contribution in [0.1, 0.15) is 5.56 Å². The Hall–Kier alpha value is -2.08. The minimum atomic E-state index is -3.61. The highest BCUT2D eigenvalue weighted by molar-refractivity contribution is 7.92. The summed E-state index contributed by atoms with van der Waals surface area (Å²) in [5.41, 5.74) is 7.19. The Labute approximate surface area is 112 Å². The highest BCUT2D eigenvalue weighted by atomic mass is 32.2. The molecule has 1 heterocycles.